The summed E-state index contributed by atoms with van der Waals surface area (Å²) in [6.07, 6.45) is 3.52. The second-order valence-electron chi connectivity index (χ2n) is 6.55. The molecule has 0 bridgehead atoms. The molecular formula is C18H32O4. The number of hydrogen-bond donors (Lipinski definition) is 0. The Balaban J connectivity index is 4.95. The molecule has 4 nitrogen and oxygen atoms in total. The van der Waals surface area contributed by atoms with E-state index in [2.05, 4.69) is 6.92 Å². The number of hydrogen-bond acceptors (Lipinski definition) is 4. The minimum absolute atomic E-state index is 0.271. The third-order valence-corrected chi connectivity index (χ3v) is 3.13. The van der Waals surface area contributed by atoms with E-state index in [9.17, 15) is 9.59 Å². The highest BCUT2D eigenvalue weighted by Gasteiger charge is 2.20. The SMILES string of the molecule is CCCCCC(C(=O)OCC(C)C)=C(C)C(=O)OCC(C)C. The van der Waals surface area contributed by atoms with Crippen LogP contribution in [-0.4, -0.2) is 25.2 Å². The number of carbonyl (C=O) groups is 2. The average Bonchev–Trinajstić information content (AvgIpc) is 2.46. The van der Waals surface area contributed by atoms with Crippen LogP contribution in [0.15, 0.2) is 11.1 Å². The molecule has 0 saturated heterocycles. The van der Waals surface area contributed by atoms with Gasteiger partial charge in [-0.3, -0.25) is 0 Å². The fourth-order valence-electron chi connectivity index (χ4n) is 1.80. The van der Waals surface area contributed by atoms with Crippen molar-refractivity contribution in [2.24, 2.45) is 11.8 Å². The van der Waals surface area contributed by atoms with Gasteiger partial charge >= 0.3 is 11.9 Å². The van der Waals surface area contributed by atoms with Crippen LogP contribution in [0, 0.1) is 11.8 Å². The summed E-state index contributed by atoms with van der Waals surface area (Å²) in [6.45, 7) is 12.4. The van der Waals surface area contributed by atoms with Gasteiger partial charge in [-0.2, -0.15) is 0 Å². The van der Waals surface area contributed by atoms with E-state index in [0.717, 1.165) is 19.3 Å². The highest BCUT2D eigenvalue weighted by atomic mass is 16.5. The molecule has 0 N–H and O–H groups in total. The van der Waals surface area contributed by atoms with Gasteiger partial charge < -0.3 is 9.47 Å². The zero-order chi connectivity index (χ0) is 17.1. The molecular weight excluding hydrogens is 280 g/mol. The second-order valence-corrected chi connectivity index (χ2v) is 6.55. The van der Waals surface area contributed by atoms with Crippen LogP contribution in [0.25, 0.3) is 0 Å². The minimum atomic E-state index is -0.415. The van der Waals surface area contributed by atoms with Crippen molar-refractivity contribution in [2.45, 2.75) is 67.2 Å². The monoisotopic (exact) mass is 312 g/mol. The molecule has 0 rings (SSSR count). The molecule has 128 valence electrons. The maximum atomic E-state index is 12.2. The first kappa shape index (κ1) is 20.7. The van der Waals surface area contributed by atoms with E-state index in [0.29, 0.717) is 30.8 Å². The van der Waals surface area contributed by atoms with E-state index in [1.165, 1.54) is 0 Å². The van der Waals surface area contributed by atoms with Gasteiger partial charge in [-0.15, -0.1) is 0 Å². The third-order valence-electron chi connectivity index (χ3n) is 3.13. The van der Waals surface area contributed by atoms with E-state index < -0.39 is 5.97 Å². The molecule has 0 heterocycles. The summed E-state index contributed by atoms with van der Waals surface area (Å²) in [5.41, 5.74) is 0.841. The van der Waals surface area contributed by atoms with Gasteiger partial charge in [0.25, 0.3) is 0 Å². The molecule has 0 amide bonds. The first-order valence-corrected chi connectivity index (χ1v) is 8.33. The molecule has 0 aromatic rings. The van der Waals surface area contributed by atoms with Crippen LogP contribution in [0.5, 0.6) is 0 Å². The van der Waals surface area contributed by atoms with E-state index in [4.69, 9.17) is 9.47 Å². The Morgan fingerprint density at radius 1 is 0.864 bits per heavy atom. The first-order valence-electron chi connectivity index (χ1n) is 8.33. The lowest BCUT2D eigenvalue weighted by Crippen LogP contribution is -2.18. The summed E-state index contributed by atoms with van der Waals surface area (Å²) in [4.78, 5) is 24.3. The normalized spacial score (nSPS) is 12.4. The summed E-state index contributed by atoms with van der Waals surface area (Å²) in [5, 5.41) is 0. The Morgan fingerprint density at radius 3 is 1.82 bits per heavy atom. The smallest absolute Gasteiger partial charge is 0.334 e. The average molecular weight is 312 g/mol. The fourth-order valence-corrected chi connectivity index (χ4v) is 1.80. The molecule has 0 atom stereocenters. The topological polar surface area (TPSA) is 52.6 Å². The molecule has 0 aliphatic heterocycles. The largest absolute Gasteiger partial charge is 0.462 e. The zero-order valence-electron chi connectivity index (χ0n) is 15.0. The predicted molar refractivity (Wildman–Crippen MR) is 88.4 cm³/mol. The Labute approximate surface area is 135 Å². The molecule has 0 unspecified atom stereocenters. The molecule has 4 heteroatoms. The van der Waals surface area contributed by atoms with Crippen LogP contribution in [0.3, 0.4) is 0 Å². The van der Waals surface area contributed by atoms with Crippen LogP contribution < -0.4 is 0 Å². The summed E-state index contributed by atoms with van der Waals surface area (Å²) in [7, 11) is 0. The lowest BCUT2D eigenvalue weighted by molar-refractivity contribution is -0.143. The minimum Gasteiger partial charge on any atom is -0.462 e. The molecule has 0 aliphatic carbocycles. The quantitative estimate of drug-likeness (QED) is 0.343. The van der Waals surface area contributed by atoms with Crippen molar-refractivity contribution in [2.75, 3.05) is 13.2 Å². The van der Waals surface area contributed by atoms with Gasteiger partial charge in [0.2, 0.25) is 0 Å². The number of ether oxygens (including phenoxy) is 2. The molecule has 0 aromatic heterocycles. The Hall–Kier alpha value is -1.32. The van der Waals surface area contributed by atoms with Crippen LogP contribution in [-0.2, 0) is 19.1 Å². The Kier molecular flexibility index (Phi) is 10.6. The van der Waals surface area contributed by atoms with E-state index >= 15 is 0 Å². The Morgan fingerprint density at radius 2 is 1.36 bits per heavy atom. The molecule has 0 radical (unpaired) electrons. The van der Waals surface area contributed by atoms with Crippen molar-refractivity contribution in [3.8, 4) is 0 Å². The van der Waals surface area contributed by atoms with Crippen LogP contribution in [0.2, 0.25) is 0 Å². The number of esters is 2. The summed E-state index contributed by atoms with van der Waals surface area (Å²) >= 11 is 0. The third kappa shape index (κ3) is 8.85. The number of rotatable bonds is 10. The maximum absolute atomic E-state index is 12.2. The van der Waals surface area contributed by atoms with Crippen molar-refractivity contribution in [1.82, 2.24) is 0 Å². The van der Waals surface area contributed by atoms with Crippen molar-refractivity contribution in [3.05, 3.63) is 11.1 Å². The van der Waals surface area contributed by atoms with Gasteiger partial charge in [0.15, 0.2) is 0 Å². The molecule has 0 aromatic carbocycles. The summed E-state index contributed by atoms with van der Waals surface area (Å²) in [6, 6.07) is 0. The van der Waals surface area contributed by atoms with E-state index in [1.807, 2.05) is 27.7 Å². The van der Waals surface area contributed by atoms with Gasteiger partial charge in [-0.1, -0.05) is 47.5 Å². The molecule has 0 saturated carbocycles. The van der Waals surface area contributed by atoms with Crippen LogP contribution in [0.1, 0.15) is 67.2 Å². The Bertz CT molecular complexity index is 381. The zero-order valence-corrected chi connectivity index (χ0v) is 15.0. The van der Waals surface area contributed by atoms with Crippen molar-refractivity contribution in [3.63, 3.8) is 0 Å². The standard InChI is InChI=1S/C18H32O4/c1-7-8-9-10-16(18(20)22-12-14(4)5)15(6)17(19)21-11-13(2)3/h13-14H,7-12H2,1-6H3. The molecule has 0 aliphatic rings. The highest BCUT2D eigenvalue weighted by Crippen LogP contribution is 2.17. The molecule has 0 fully saturated rings. The van der Waals surface area contributed by atoms with E-state index in [1.54, 1.807) is 6.92 Å². The maximum Gasteiger partial charge on any atom is 0.334 e. The van der Waals surface area contributed by atoms with Gasteiger partial charge in [-0.25, -0.2) is 9.59 Å². The summed E-state index contributed by atoms with van der Waals surface area (Å²) in [5.74, 6) is -0.257. The van der Waals surface area contributed by atoms with E-state index in [-0.39, 0.29) is 17.8 Å². The van der Waals surface area contributed by atoms with Gasteiger partial charge in [-0.05, 0) is 31.6 Å². The van der Waals surface area contributed by atoms with Gasteiger partial charge in [0.1, 0.15) is 0 Å². The number of unbranched alkanes of at least 4 members (excludes halogenated alkanes) is 2. The van der Waals surface area contributed by atoms with Gasteiger partial charge in [0.05, 0.1) is 13.2 Å². The van der Waals surface area contributed by atoms with Gasteiger partial charge in [0, 0.05) is 11.1 Å². The number of carbonyl (C=O) groups excluding carboxylic acids is 2. The van der Waals surface area contributed by atoms with Crippen molar-refractivity contribution in [1.29, 1.82) is 0 Å². The first-order chi connectivity index (χ1) is 10.3. The van der Waals surface area contributed by atoms with Crippen molar-refractivity contribution >= 4 is 11.9 Å². The lowest BCUT2D eigenvalue weighted by atomic mass is 10.0. The van der Waals surface area contributed by atoms with Crippen LogP contribution in [0.4, 0.5) is 0 Å². The molecule has 0 spiro atoms. The predicted octanol–water partition coefficient (Wildman–Crippen LogP) is 4.28. The molecule has 22 heavy (non-hydrogen) atoms. The highest BCUT2D eigenvalue weighted by molar-refractivity contribution is 5.99. The van der Waals surface area contributed by atoms with Crippen molar-refractivity contribution < 1.29 is 19.1 Å². The lowest BCUT2D eigenvalue weighted by Gasteiger charge is -2.14. The van der Waals surface area contributed by atoms with Crippen LogP contribution >= 0.6 is 0 Å². The summed E-state index contributed by atoms with van der Waals surface area (Å²) < 4.78 is 10.5. The second kappa shape index (κ2) is 11.3. The fraction of sp³-hybridized carbons (Fsp3) is 0.778.